The molecule has 0 radical (unpaired) electrons. The van der Waals surface area contributed by atoms with Gasteiger partial charge in [0.25, 0.3) is 5.91 Å². The number of nitrogens with one attached hydrogen (secondary N) is 3. The average molecular weight is 417 g/mol. The molecular weight excluding hydrogens is 388 g/mol. The molecule has 2 aromatic rings. The fourth-order valence-electron chi connectivity index (χ4n) is 3.61. The molecule has 0 spiro atoms. The van der Waals surface area contributed by atoms with Crippen LogP contribution >= 0.6 is 0 Å². The van der Waals surface area contributed by atoms with Crippen LogP contribution in [0, 0.1) is 19.8 Å². The maximum atomic E-state index is 12.8. The number of sulfonamides is 1. The Labute approximate surface area is 172 Å². The van der Waals surface area contributed by atoms with Gasteiger partial charge in [0.05, 0.1) is 4.90 Å². The molecular formula is C21H28N4O3S. The fourth-order valence-corrected chi connectivity index (χ4v) is 5.01. The van der Waals surface area contributed by atoms with Crippen molar-refractivity contribution in [2.24, 2.45) is 5.92 Å². The quantitative estimate of drug-likeness (QED) is 0.672. The lowest BCUT2D eigenvalue weighted by atomic mass is 9.92. The van der Waals surface area contributed by atoms with Crippen LogP contribution in [0.1, 0.15) is 41.3 Å². The molecule has 1 saturated heterocycles. The molecule has 1 amide bonds. The number of carbonyl (C=O) groups excluding carboxylic acids is 1. The van der Waals surface area contributed by atoms with Crippen LogP contribution in [0.25, 0.3) is 0 Å². The first kappa shape index (κ1) is 21.4. The van der Waals surface area contributed by atoms with Crippen LogP contribution in [-0.2, 0) is 10.0 Å². The van der Waals surface area contributed by atoms with Gasteiger partial charge in [-0.1, -0.05) is 0 Å². The van der Waals surface area contributed by atoms with Crippen molar-refractivity contribution in [3.05, 3.63) is 53.3 Å². The number of aromatic nitrogens is 1. The number of benzene rings is 1. The topological polar surface area (TPSA) is 100 Å². The van der Waals surface area contributed by atoms with E-state index < -0.39 is 10.0 Å². The largest absolute Gasteiger partial charge is 0.322 e. The van der Waals surface area contributed by atoms with E-state index in [0.717, 1.165) is 31.5 Å². The predicted molar refractivity (Wildman–Crippen MR) is 113 cm³/mol. The third-order valence-corrected chi connectivity index (χ3v) is 7.01. The number of rotatable bonds is 6. The molecule has 1 atom stereocenters. The smallest absolute Gasteiger partial charge is 0.256 e. The summed E-state index contributed by atoms with van der Waals surface area (Å²) in [5.74, 6) is 0.0792. The number of aryl methyl sites for hydroxylation is 2. The van der Waals surface area contributed by atoms with Crippen molar-refractivity contribution >= 4 is 21.6 Å². The molecule has 3 N–H and O–H groups in total. The van der Waals surface area contributed by atoms with Gasteiger partial charge >= 0.3 is 0 Å². The van der Waals surface area contributed by atoms with E-state index in [-0.39, 0.29) is 16.8 Å². The first-order valence-corrected chi connectivity index (χ1v) is 11.3. The molecule has 1 aromatic heterocycles. The number of anilines is 1. The van der Waals surface area contributed by atoms with E-state index in [9.17, 15) is 13.2 Å². The van der Waals surface area contributed by atoms with Crippen LogP contribution < -0.4 is 15.4 Å². The number of hydrogen-bond acceptors (Lipinski definition) is 5. The van der Waals surface area contributed by atoms with E-state index in [1.54, 1.807) is 37.5 Å². The van der Waals surface area contributed by atoms with Crippen LogP contribution in [0.15, 0.2) is 41.6 Å². The molecule has 0 bridgehead atoms. The Morgan fingerprint density at radius 2 is 1.90 bits per heavy atom. The van der Waals surface area contributed by atoms with E-state index in [1.807, 2.05) is 13.8 Å². The molecule has 1 aromatic carbocycles. The average Bonchev–Trinajstić information content (AvgIpc) is 2.70. The summed E-state index contributed by atoms with van der Waals surface area (Å²) in [6.07, 6.45) is 5.12. The number of carbonyl (C=O) groups is 1. The standard InChI is InChI=1S/C21H28N4O3S/c1-14-12-18(29(27,28)25-16(3)17-6-9-22-10-7-17)4-5-20(14)24-21(26)19-8-11-23-13-15(19)2/h4-5,8,11-13,16-17,22,25H,6-7,9-10H2,1-3H3,(H,24,26). The minimum atomic E-state index is -3.63. The molecule has 1 aliphatic heterocycles. The number of nitrogens with zero attached hydrogens (tertiary/aromatic N) is 1. The Hall–Kier alpha value is -2.29. The Bertz CT molecular complexity index is 985. The lowest BCUT2D eigenvalue weighted by Gasteiger charge is -2.28. The van der Waals surface area contributed by atoms with E-state index in [2.05, 4.69) is 20.3 Å². The summed E-state index contributed by atoms with van der Waals surface area (Å²) in [7, 11) is -3.63. The van der Waals surface area contributed by atoms with Crippen molar-refractivity contribution in [1.29, 1.82) is 0 Å². The second kappa shape index (κ2) is 9.02. The van der Waals surface area contributed by atoms with Crippen molar-refractivity contribution in [2.75, 3.05) is 18.4 Å². The maximum absolute atomic E-state index is 12.8. The molecule has 7 nitrogen and oxygen atoms in total. The van der Waals surface area contributed by atoms with Gasteiger partial charge in [-0.25, -0.2) is 13.1 Å². The number of amides is 1. The zero-order valence-electron chi connectivity index (χ0n) is 17.0. The van der Waals surface area contributed by atoms with Gasteiger partial charge in [-0.3, -0.25) is 9.78 Å². The summed E-state index contributed by atoms with van der Waals surface area (Å²) in [6, 6.07) is 6.28. The summed E-state index contributed by atoms with van der Waals surface area (Å²) in [5, 5.41) is 6.14. The zero-order chi connectivity index (χ0) is 21.0. The third kappa shape index (κ3) is 5.20. The van der Waals surface area contributed by atoms with Crippen molar-refractivity contribution in [3.8, 4) is 0 Å². The molecule has 0 aliphatic carbocycles. The fraction of sp³-hybridized carbons (Fsp3) is 0.429. The highest BCUT2D eigenvalue weighted by Gasteiger charge is 2.25. The Morgan fingerprint density at radius 3 is 2.55 bits per heavy atom. The van der Waals surface area contributed by atoms with Crippen LogP contribution in [0.2, 0.25) is 0 Å². The lowest BCUT2D eigenvalue weighted by molar-refractivity contribution is 0.102. The highest BCUT2D eigenvalue weighted by molar-refractivity contribution is 7.89. The van der Waals surface area contributed by atoms with Gasteiger partial charge in [0.15, 0.2) is 0 Å². The van der Waals surface area contributed by atoms with Gasteiger partial charge in [-0.05, 0) is 88.0 Å². The summed E-state index contributed by atoms with van der Waals surface area (Å²) < 4.78 is 28.4. The minimum Gasteiger partial charge on any atom is -0.322 e. The molecule has 156 valence electrons. The molecule has 1 unspecified atom stereocenters. The van der Waals surface area contributed by atoms with E-state index in [0.29, 0.717) is 22.7 Å². The molecule has 1 aliphatic rings. The van der Waals surface area contributed by atoms with Crippen molar-refractivity contribution in [2.45, 2.75) is 44.6 Å². The highest BCUT2D eigenvalue weighted by Crippen LogP contribution is 2.23. The molecule has 0 saturated carbocycles. The van der Waals surface area contributed by atoms with Crippen LogP contribution in [-0.4, -0.2) is 38.4 Å². The zero-order valence-corrected chi connectivity index (χ0v) is 17.8. The first-order chi connectivity index (χ1) is 13.8. The Kier molecular flexibility index (Phi) is 6.66. The van der Waals surface area contributed by atoms with Gasteiger partial charge in [-0.15, -0.1) is 0 Å². The van der Waals surface area contributed by atoms with E-state index in [1.165, 1.54) is 6.07 Å². The normalized spacial score (nSPS) is 16.4. The maximum Gasteiger partial charge on any atom is 0.256 e. The van der Waals surface area contributed by atoms with E-state index in [4.69, 9.17) is 0 Å². The van der Waals surface area contributed by atoms with Gasteiger partial charge in [0.1, 0.15) is 0 Å². The van der Waals surface area contributed by atoms with Crippen LogP contribution in [0.4, 0.5) is 5.69 Å². The van der Waals surface area contributed by atoms with Crippen LogP contribution in [0.5, 0.6) is 0 Å². The van der Waals surface area contributed by atoms with Gasteiger partial charge in [0, 0.05) is 29.7 Å². The number of hydrogen-bond donors (Lipinski definition) is 3. The van der Waals surface area contributed by atoms with Crippen molar-refractivity contribution in [3.63, 3.8) is 0 Å². The monoisotopic (exact) mass is 416 g/mol. The lowest BCUT2D eigenvalue weighted by Crippen LogP contribution is -2.42. The highest BCUT2D eigenvalue weighted by atomic mass is 32.2. The second-order valence-corrected chi connectivity index (χ2v) is 9.33. The number of piperidine rings is 1. The third-order valence-electron chi connectivity index (χ3n) is 5.45. The molecule has 3 rings (SSSR count). The minimum absolute atomic E-state index is 0.128. The van der Waals surface area contributed by atoms with Gasteiger partial charge in [-0.2, -0.15) is 0 Å². The summed E-state index contributed by atoms with van der Waals surface area (Å²) in [6.45, 7) is 7.36. The summed E-state index contributed by atoms with van der Waals surface area (Å²) in [4.78, 5) is 16.7. The molecule has 2 heterocycles. The van der Waals surface area contributed by atoms with Gasteiger partial charge < -0.3 is 10.6 Å². The van der Waals surface area contributed by atoms with Crippen LogP contribution in [0.3, 0.4) is 0 Å². The molecule has 1 fully saturated rings. The van der Waals surface area contributed by atoms with Crippen molar-refractivity contribution in [1.82, 2.24) is 15.0 Å². The van der Waals surface area contributed by atoms with Gasteiger partial charge in [0.2, 0.25) is 10.0 Å². The molecule has 8 heteroatoms. The van der Waals surface area contributed by atoms with E-state index >= 15 is 0 Å². The summed E-state index contributed by atoms with van der Waals surface area (Å²) >= 11 is 0. The molecule has 29 heavy (non-hydrogen) atoms. The Balaban J connectivity index is 1.72. The second-order valence-electron chi connectivity index (χ2n) is 7.62. The predicted octanol–water partition coefficient (Wildman–Crippen LogP) is 2.62. The first-order valence-electron chi connectivity index (χ1n) is 9.83. The summed E-state index contributed by atoms with van der Waals surface area (Å²) in [5.41, 5.74) is 2.57. The Morgan fingerprint density at radius 1 is 1.17 bits per heavy atom. The SMILES string of the molecule is Cc1cc(S(=O)(=O)NC(C)C2CCNCC2)ccc1NC(=O)c1ccncc1C. The number of pyridine rings is 1. The van der Waals surface area contributed by atoms with Crippen molar-refractivity contribution < 1.29 is 13.2 Å².